The molecule has 5 atom stereocenters. The number of ether oxygens (including phenoxy) is 5. The maximum absolute atomic E-state index is 11.3. The zero-order valence-corrected chi connectivity index (χ0v) is 13.3. The summed E-state index contributed by atoms with van der Waals surface area (Å²) in [6, 6.07) is 0. The SMILES string of the molecule is CCOC[C@H]1O[C@@H](O)[C@H](OC(C)=O)[C@@H](OCC)[C@@H]1OC(C)=O. The van der Waals surface area contributed by atoms with Crippen molar-refractivity contribution in [2.45, 2.75) is 58.4 Å². The van der Waals surface area contributed by atoms with E-state index in [2.05, 4.69) is 0 Å². The Bertz CT molecular complexity index is 372. The minimum Gasteiger partial charge on any atom is -0.457 e. The number of esters is 2. The molecule has 1 saturated heterocycles. The highest BCUT2D eigenvalue weighted by molar-refractivity contribution is 5.67. The normalized spacial score (nSPS) is 31.6. The molecule has 1 fully saturated rings. The summed E-state index contributed by atoms with van der Waals surface area (Å²) in [5.41, 5.74) is 0. The Morgan fingerprint density at radius 2 is 1.59 bits per heavy atom. The minimum atomic E-state index is -1.39. The van der Waals surface area contributed by atoms with Gasteiger partial charge in [0, 0.05) is 27.1 Å². The average Bonchev–Trinajstić information content (AvgIpc) is 2.43. The van der Waals surface area contributed by atoms with Crippen LogP contribution in [0.2, 0.25) is 0 Å². The lowest BCUT2D eigenvalue weighted by Gasteiger charge is -2.43. The fourth-order valence-corrected chi connectivity index (χ4v) is 2.30. The molecule has 0 aliphatic carbocycles. The van der Waals surface area contributed by atoms with Gasteiger partial charge in [-0.15, -0.1) is 0 Å². The van der Waals surface area contributed by atoms with Crippen molar-refractivity contribution in [3.63, 3.8) is 0 Å². The molecule has 0 aromatic rings. The summed E-state index contributed by atoms with van der Waals surface area (Å²) in [6.07, 6.45) is -4.89. The van der Waals surface area contributed by atoms with Gasteiger partial charge >= 0.3 is 11.9 Å². The zero-order valence-electron chi connectivity index (χ0n) is 13.3. The summed E-state index contributed by atoms with van der Waals surface area (Å²) in [6.45, 7) is 6.86. The van der Waals surface area contributed by atoms with Gasteiger partial charge in [-0.3, -0.25) is 9.59 Å². The summed E-state index contributed by atoms with van der Waals surface area (Å²) >= 11 is 0. The first-order chi connectivity index (χ1) is 10.4. The first-order valence-electron chi connectivity index (χ1n) is 7.28. The number of carbonyl (C=O) groups is 2. The number of rotatable bonds is 7. The molecular weight excluding hydrogens is 296 g/mol. The standard InChI is InChI=1S/C14H24O8/c1-5-18-7-10-11(20-8(3)15)12(19-6-2)13(14(17)22-10)21-9(4)16/h10-14,17H,5-7H2,1-4H3/t10-,11-,12+,13-,14-/m1/s1. The predicted molar refractivity (Wildman–Crippen MR) is 73.9 cm³/mol. The van der Waals surface area contributed by atoms with E-state index in [1.54, 1.807) is 6.92 Å². The lowest BCUT2D eigenvalue weighted by Crippen LogP contribution is -2.62. The Kier molecular flexibility index (Phi) is 7.74. The lowest BCUT2D eigenvalue weighted by atomic mass is 9.98. The summed E-state index contributed by atoms with van der Waals surface area (Å²) in [5.74, 6) is -1.13. The topological polar surface area (TPSA) is 101 Å². The van der Waals surface area contributed by atoms with E-state index < -0.39 is 42.6 Å². The highest BCUT2D eigenvalue weighted by atomic mass is 16.7. The molecule has 128 valence electrons. The van der Waals surface area contributed by atoms with Gasteiger partial charge < -0.3 is 28.8 Å². The van der Waals surface area contributed by atoms with Crippen LogP contribution in [0.5, 0.6) is 0 Å². The third-order valence-corrected chi connectivity index (χ3v) is 3.06. The summed E-state index contributed by atoms with van der Waals surface area (Å²) < 4.78 is 26.5. The number of hydrogen-bond donors (Lipinski definition) is 1. The highest BCUT2D eigenvalue weighted by Gasteiger charge is 2.49. The molecule has 8 heteroatoms. The Hall–Kier alpha value is -1.22. The molecule has 0 amide bonds. The Balaban J connectivity index is 2.99. The maximum atomic E-state index is 11.3. The first kappa shape index (κ1) is 18.8. The van der Waals surface area contributed by atoms with E-state index in [-0.39, 0.29) is 13.2 Å². The largest absolute Gasteiger partial charge is 0.457 e. The molecule has 1 aliphatic rings. The van der Waals surface area contributed by atoms with Gasteiger partial charge in [-0.2, -0.15) is 0 Å². The van der Waals surface area contributed by atoms with E-state index in [9.17, 15) is 14.7 Å². The summed E-state index contributed by atoms with van der Waals surface area (Å²) in [4.78, 5) is 22.6. The Morgan fingerprint density at radius 1 is 1.00 bits per heavy atom. The number of aliphatic hydroxyl groups excluding tert-OH is 1. The van der Waals surface area contributed by atoms with Crippen molar-refractivity contribution in [2.75, 3.05) is 19.8 Å². The van der Waals surface area contributed by atoms with Crippen molar-refractivity contribution in [1.82, 2.24) is 0 Å². The monoisotopic (exact) mass is 320 g/mol. The second-order valence-electron chi connectivity index (χ2n) is 4.79. The van der Waals surface area contributed by atoms with Crippen molar-refractivity contribution in [3.8, 4) is 0 Å². The molecule has 1 N–H and O–H groups in total. The fraction of sp³-hybridized carbons (Fsp3) is 0.857. The lowest BCUT2D eigenvalue weighted by molar-refractivity contribution is -0.301. The van der Waals surface area contributed by atoms with Crippen LogP contribution in [0, 0.1) is 0 Å². The Morgan fingerprint density at radius 3 is 2.09 bits per heavy atom. The molecule has 0 spiro atoms. The van der Waals surface area contributed by atoms with Crippen LogP contribution < -0.4 is 0 Å². The van der Waals surface area contributed by atoms with E-state index in [0.717, 1.165) is 0 Å². The molecule has 8 nitrogen and oxygen atoms in total. The average molecular weight is 320 g/mol. The van der Waals surface area contributed by atoms with Crippen LogP contribution in [-0.4, -0.2) is 67.6 Å². The molecule has 0 bridgehead atoms. The summed E-state index contributed by atoms with van der Waals surface area (Å²) in [7, 11) is 0. The summed E-state index contributed by atoms with van der Waals surface area (Å²) in [5, 5.41) is 10.1. The van der Waals surface area contributed by atoms with Gasteiger partial charge in [0.05, 0.1) is 6.61 Å². The molecular formula is C14H24O8. The molecule has 0 saturated carbocycles. The van der Waals surface area contributed by atoms with Crippen LogP contribution in [-0.2, 0) is 33.3 Å². The molecule has 1 heterocycles. The molecule has 0 aromatic heterocycles. The molecule has 0 unspecified atom stereocenters. The number of hydrogen-bond acceptors (Lipinski definition) is 8. The van der Waals surface area contributed by atoms with Crippen molar-refractivity contribution in [1.29, 1.82) is 0 Å². The third kappa shape index (κ3) is 5.20. The van der Waals surface area contributed by atoms with Gasteiger partial charge in [0.15, 0.2) is 18.5 Å². The van der Waals surface area contributed by atoms with Crippen molar-refractivity contribution in [2.24, 2.45) is 0 Å². The van der Waals surface area contributed by atoms with Crippen molar-refractivity contribution in [3.05, 3.63) is 0 Å². The second-order valence-corrected chi connectivity index (χ2v) is 4.79. The minimum absolute atomic E-state index is 0.113. The Labute approximate surface area is 129 Å². The second kappa shape index (κ2) is 9.04. The van der Waals surface area contributed by atoms with Crippen LogP contribution in [0.1, 0.15) is 27.7 Å². The van der Waals surface area contributed by atoms with Crippen LogP contribution in [0.3, 0.4) is 0 Å². The van der Waals surface area contributed by atoms with Gasteiger partial charge in [-0.1, -0.05) is 0 Å². The van der Waals surface area contributed by atoms with E-state index in [1.807, 2.05) is 6.92 Å². The predicted octanol–water partition coefficient (Wildman–Crippen LogP) is 0.00860. The van der Waals surface area contributed by atoms with Gasteiger partial charge in [0.25, 0.3) is 0 Å². The molecule has 1 rings (SSSR count). The van der Waals surface area contributed by atoms with E-state index >= 15 is 0 Å². The molecule has 22 heavy (non-hydrogen) atoms. The van der Waals surface area contributed by atoms with Gasteiger partial charge in [0.2, 0.25) is 0 Å². The van der Waals surface area contributed by atoms with Crippen LogP contribution in [0.25, 0.3) is 0 Å². The van der Waals surface area contributed by atoms with Crippen LogP contribution in [0.15, 0.2) is 0 Å². The zero-order chi connectivity index (χ0) is 16.7. The fourth-order valence-electron chi connectivity index (χ4n) is 2.30. The number of aliphatic hydroxyl groups is 1. The van der Waals surface area contributed by atoms with Crippen LogP contribution >= 0.6 is 0 Å². The smallest absolute Gasteiger partial charge is 0.303 e. The van der Waals surface area contributed by atoms with Crippen LogP contribution in [0.4, 0.5) is 0 Å². The first-order valence-corrected chi connectivity index (χ1v) is 7.28. The van der Waals surface area contributed by atoms with Gasteiger partial charge in [0.1, 0.15) is 12.2 Å². The third-order valence-electron chi connectivity index (χ3n) is 3.06. The molecule has 0 aromatic carbocycles. The van der Waals surface area contributed by atoms with E-state index in [0.29, 0.717) is 6.61 Å². The molecule has 1 aliphatic heterocycles. The molecule has 0 radical (unpaired) electrons. The van der Waals surface area contributed by atoms with Crippen molar-refractivity contribution >= 4 is 11.9 Å². The van der Waals surface area contributed by atoms with E-state index in [4.69, 9.17) is 23.7 Å². The number of carbonyl (C=O) groups excluding carboxylic acids is 2. The maximum Gasteiger partial charge on any atom is 0.303 e. The van der Waals surface area contributed by atoms with Gasteiger partial charge in [-0.05, 0) is 13.8 Å². The van der Waals surface area contributed by atoms with Gasteiger partial charge in [-0.25, -0.2) is 0 Å². The quantitative estimate of drug-likeness (QED) is 0.655. The van der Waals surface area contributed by atoms with E-state index in [1.165, 1.54) is 13.8 Å². The highest BCUT2D eigenvalue weighted by Crippen LogP contribution is 2.27. The van der Waals surface area contributed by atoms with Crippen molar-refractivity contribution < 1.29 is 38.4 Å².